The minimum Gasteiger partial charge on any atom is -0.495 e. The summed E-state index contributed by atoms with van der Waals surface area (Å²) in [7, 11) is 2.99. The lowest BCUT2D eigenvalue weighted by molar-refractivity contribution is 0.174. The fraction of sp³-hybridized carbons (Fsp3) is 0.259. The van der Waals surface area contributed by atoms with E-state index in [0.717, 1.165) is 18.5 Å². The van der Waals surface area contributed by atoms with Crippen molar-refractivity contribution in [2.75, 3.05) is 32.6 Å². The van der Waals surface area contributed by atoms with Gasteiger partial charge in [-0.15, -0.1) is 0 Å². The zero-order chi connectivity index (χ0) is 27.5. The van der Waals surface area contributed by atoms with E-state index in [1.54, 1.807) is 30.5 Å². The summed E-state index contributed by atoms with van der Waals surface area (Å²) in [6, 6.07) is 8.45. The monoisotopic (exact) mass is 569 g/mol. The first kappa shape index (κ1) is 26.9. The summed E-state index contributed by atoms with van der Waals surface area (Å²) in [6.45, 7) is 2.16. The van der Waals surface area contributed by atoms with Crippen LogP contribution in [0.5, 0.6) is 17.2 Å². The highest BCUT2D eigenvalue weighted by atomic mass is 35.5. The second kappa shape index (κ2) is 11.6. The number of fused-ring (bicyclic) bond motifs is 1. The van der Waals surface area contributed by atoms with Gasteiger partial charge in [-0.05, 0) is 30.2 Å². The highest BCUT2D eigenvalue weighted by molar-refractivity contribution is 6.41. The summed E-state index contributed by atoms with van der Waals surface area (Å²) in [5, 5.41) is 12.9. The molecule has 0 radical (unpaired) electrons. The molecule has 202 valence electrons. The molecule has 0 spiro atoms. The van der Waals surface area contributed by atoms with Crippen molar-refractivity contribution in [1.29, 1.82) is 0 Å². The van der Waals surface area contributed by atoms with Gasteiger partial charge in [0.1, 0.15) is 28.4 Å². The molecule has 12 heteroatoms. The Morgan fingerprint density at radius 2 is 1.74 bits per heavy atom. The van der Waals surface area contributed by atoms with Crippen LogP contribution in [0.2, 0.25) is 10.0 Å². The topological polar surface area (TPSA) is 119 Å². The number of β-amino-alcohol motifs (C(OH)–C–C–N with tert-alkyl or cyclic N) is 1. The fourth-order valence-electron chi connectivity index (χ4n) is 4.47. The number of pyridine rings is 1. The molecule has 4 aromatic rings. The van der Waals surface area contributed by atoms with E-state index in [9.17, 15) is 9.90 Å². The van der Waals surface area contributed by atoms with Gasteiger partial charge in [0.25, 0.3) is 0 Å². The predicted molar refractivity (Wildman–Crippen MR) is 148 cm³/mol. The van der Waals surface area contributed by atoms with Crippen LogP contribution in [0.15, 0.2) is 48.9 Å². The molecule has 0 unspecified atom stereocenters. The Kier molecular flexibility index (Phi) is 7.99. The van der Waals surface area contributed by atoms with Gasteiger partial charge < -0.3 is 19.3 Å². The van der Waals surface area contributed by atoms with E-state index in [0.29, 0.717) is 52.6 Å². The molecule has 2 aromatic heterocycles. The lowest BCUT2D eigenvalue weighted by atomic mass is 10.0. The molecule has 2 aromatic carbocycles. The molecular weight excluding hydrogens is 545 g/mol. The number of nitrogens with zero attached hydrogens (tertiary/aromatic N) is 4. The van der Waals surface area contributed by atoms with Crippen LogP contribution in [0.1, 0.15) is 12.0 Å². The number of aliphatic hydroxyl groups excluding tert-OH is 1. The number of carbonyl (C=O) groups is 1. The number of rotatable bonds is 7. The summed E-state index contributed by atoms with van der Waals surface area (Å²) in [5.74, 6) is 1.27. The van der Waals surface area contributed by atoms with Gasteiger partial charge in [0.05, 0.1) is 30.4 Å². The highest BCUT2D eigenvalue weighted by Gasteiger charge is 2.23. The normalized spacial score (nSPS) is 15.4. The van der Waals surface area contributed by atoms with E-state index in [4.69, 9.17) is 37.4 Å². The first-order valence-electron chi connectivity index (χ1n) is 12.1. The lowest BCUT2D eigenvalue weighted by Gasteiger charge is -2.16. The minimum absolute atomic E-state index is 0.186. The number of anilines is 1. The van der Waals surface area contributed by atoms with E-state index < -0.39 is 6.09 Å². The van der Waals surface area contributed by atoms with Gasteiger partial charge in [0.15, 0.2) is 5.75 Å². The van der Waals surface area contributed by atoms with E-state index in [-0.39, 0.29) is 21.9 Å². The molecule has 10 nitrogen and oxygen atoms in total. The molecule has 0 bridgehead atoms. The Morgan fingerprint density at radius 1 is 1.03 bits per heavy atom. The summed E-state index contributed by atoms with van der Waals surface area (Å²) >= 11 is 13.3. The van der Waals surface area contributed by atoms with Gasteiger partial charge in [-0.2, -0.15) is 0 Å². The average Bonchev–Trinajstić information content (AvgIpc) is 3.35. The van der Waals surface area contributed by atoms with Gasteiger partial charge in [0.2, 0.25) is 0 Å². The largest absolute Gasteiger partial charge is 0.495 e. The first-order valence-corrected chi connectivity index (χ1v) is 12.8. The number of carbonyl (C=O) groups excluding carboxylic acids is 1. The third kappa shape index (κ3) is 5.69. The molecular formula is C27H25Cl2N5O5. The van der Waals surface area contributed by atoms with Crippen LogP contribution in [0.4, 0.5) is 10.6 Å². The van der Waals surface area contributed by atoms with E-state index >= 15 is 0 Å². The van der Waals surface area contributed by atoms with Crippen LogP contribution in [0.25, 0.3) is 22.2 Å². The second-order valence-corrected chi connectivity index (χ2v) is 9.65. The van der Waals surface area contributed by atoms with Gasteiger partial charge in [-0.3, -0.25) is 15.2 Å². The van der Waals surface area contributed by atoms with Crippen molar-refractivity contribution in [1.82, 2.24) is 19.9 Å². The van der Waals surface area contributed by atoms with Crippen molar-refractivity contribution in [2.45, 2.75) is 19.1 Å². The number of likely N-dealkylation sites (tertiary alicyclic amines) is 1. The number of aromatic nitrogens is 3. The standard InChI is InChI=1S/C27H25Cl2N5O5/c1-37-19-11-20(38-2)24(29)22(23(19)28)17-4-5-18(26-25(17)30-8-9-31-26)39-27(36)33-21-6-3-15(12-32-21)13-34-10-7-16(35)14-34/h3-6,8-9,11-12,16,35H,7,10,13-14H2,1-2H3,(H,32,33,36)/t16-/m0/s1. The molecule has 39 heavy (non-hydrogen) atoms. The number of hydrogen-bond donors (Lipinski definition) is 2. The van der Waals surface area contributed by atoms with E-state index in [1.807, 2.05) is 6.07 Å². The number of benzene rings is 2. The van der Waals surface area contributed by atoms with Crippen molar-refractivity contribution in [2.24, 2.45) is 0 Å². The second-order valence-electron chi connectivity index (χ2n) is 8.89. The number of halogens is 2. The number of methoxy groups -OCH3 is 2. The SMILES string of the molecule is COc1cc(OC)c(Cl)c(-c2ccc(OC(=O)Nc3ccc(CN4CC[C@H](O)C4)cn3)c3nccnc23)c1Cl. The first-order chi connectivity index (χ1) is 18.9. The van der Waals surface area contributed by atoms with Crippen molar-refractivity contribution in [3.63, 3.8) is 0 Å². The molecule has 2 N–H and O–H groups in total. The zero-order valence-electron chi connectivity index (χ0n) is 21.1. The maximum atomic E-state index is 12.7. The molecule has 1 atom stereocenters. The van der Waals surface area contributed by atoms with Crippen LogP contribution in [0, 0.1) is 0 Å². The zero-order valence-corrected chi connectivity index (χ0v) is 22.7. The summed E-state index contributed by atoms with van der Waals surface area (Å²) in [6.07, 6.45) is 4.45. The maximum Gasteiger partial charge on any atom is 0.418 e. The molecule has 5 rings (SSSR count). The smallest absolute Gasteiger partial charge is 0.418 e. The Labute approximate surface area is 234 Å². The Hall–Kier alpha value is -3.70. The van der Waals surface area contributed by atoms with Gasteiger partial charge in [-0.25, -0.2) is 14.8 Å². The van der Waals surface area contributed by atoms with Crippen molar-refractivity contribution >= 4 is 46.1 Å². The third-order valence-electron chi connectivity index (χ3n) is 6.34. The molecule has 0 aliphatic carbocycles. The van der Waals surface area contributed by atoms with Crippen LogP contribution < -0.4 is 19.5 Å². The number of nitrogens with one attached hydrogen (secondary N) is 1. The molecule has 1 aliphatic rings. The van der Waals surface area contributed by atoms with Crippen LogP contribution >= 0.6 is 23.2 Å². The molecule has 1 fully saturated rings. The van der Waals surface area contributed by atoms with Crippen LogP contribution in [-0.4, -0.2) is 64.5 Å². The number of hydrogen-bond acceptors (Lipinski definition) is 9. The van der Waals surface area contributed by atoms with Crippen molar-refractivity contribution in [3.05, 3.63) is 64.5 Å². The van der Waals surface area contributed by atoms with E-state index in [2.05, 4.69) is 25.2 Å². The van der Waals surface area contributed by atoms with Crippen LogP contribution in [-0.2, 0) is 6.54 Å². The van der Waals surface area contributed by atoms with Gasteiger partial charge in [-0.1, -0.05) is 29.3 Å². The van der Waals surface area contributed by atoms with Gasteiger partial charge >= 0.3 is 6.09 Å². The summed E-state index contributed by atoms with van der Waals surface area (Å²) in [4.78, 5) is 28.0. The van der Waals surface area contributed by atoms with Gasteiger partial charge in [0, 0.05) is 55.4 Å². The summed E-state index contributed by atoms with van der Waals surface area (Å²) < 4.78 is 16.4. The highest BCUT2D eigenvalue weighted by Crippen LogP contribution is 2.47. The average molecular weight is 570 g/mol. The molecule has 0 saturated carbocycles. The Balaban J connectivity index is 1.38. The van der Waals surface area contributed by atoms with E-state index in [1.165, 1.54) is 26.6 Å². The fourth-order valence-corrected chi connectivity index (χ4v) is 5.18. The van der Waals surface area contributed by atoms with Crippen molar-refractivity contribution in [3.8, 4) is 28.4 Å². The summed E-state index contributed by atoms with van der Waals surface area (Å²) in [5.41, 5.74) is 2.72. The lowest BCUT2D eigenvalue weighted by Crippen LogP contribution is -2.21. The quantitative estimate of drug-likeness (QED) is 0.309. The Bertz CT molecular complexity index is 1490. The minimum atomic E-state index is -0.739. The van der Waals surface area contributed by atoms with Crippen LogP contribution in [0.3, 0.4) is 0 Å². The molecule has 1 saturated heterocycles. The number of ether oxygens (including phenoxy) is 3. The molecule has 3 heterocycles. The molecule has 1 aliphatic heterocycles. The Morgan fingerprint density at radius 3 is 2.36 bits per heavy atom. The van der Waals surface area contributed by atoms with Crippen molar-refractivity contribution < 1.29 is 24.1 Å². The third-order valence-corrected chi connectivity index (χ3v) is 7.09. The predicted octanol–water partition coefficient (Wildman–Crippen LogP) is 5.19. The number of amides is 1. The molecule has 1 amide bonds. The maximum absolute atomic E-state index is 12.7. The number of aliphatic hydroxyl groups is 1.